The minimum atomic E-state index is -3.90. The van der Waals surface area contributed by atoms with Gasteiger partial charge in [-0.2, -0.15) is 8.42 Å². The Morgan fingerprint density at radius 1 is 0.897 bits per heavy atom. The smallest absolute Gasteiger partial charge is 0.297 e. The SMILES string of the molecule is CC(C)c1cc(C(C)C)c(S(=O)(=O)OC[C@H](C)O/C=C/[Si](C)(C)C)c(C(C)C)c1. The molecule has 1 rings (SSSR count). The largest absolute Gasteiger partial charge is 0.497 e. The fourth-order valence-corrected chi connectivity index (χ4v) is 4.98. The highest BCUT2D eigenvalue weighted by Crippen LogP contribution is 2.36. The van der Waals surface area contributed by atoms with Crippen molar-refractivity contribution in [3.05, 3.63) is 40.8 Å². The van der Waals surface area contributed by atoms with E-state index in [-0.39, 0.29) is 24.5 Å². The molecule has 0 fully saturated rings. The molecule has 0 aliphatic heterocycles. The zero-order valence-corrected chi connectivity index (χ0v) is 21.7. The third-order valence-electron chi connectivity index (χ3n) is 4.67. The van der Waals surface area contributed by atoms with E-state index in [2.05, 4.69) is 39.2 Å². The predicted octanol–water partition coefficient (Wildman–Crippen LogP) is 6.56. The van der Waals surface area contributed by atoms with E-state index in [9.17, 15) is 8.42 Å². The van der Waals surface area contributed by atoms with Crippen LogP contribution in [0.1, 0.15) is 82.9 Å². The van der Waals surface area contributed by atoms with Gasteiger partial charge in [-0.25, -0.2) is 0 Å². The lowest BCUT2D eigenvalue weighted by molar-refractivity contribution is 0.105. The van der Waals surface area contributed by atoms with Gasteiger partial charge in [0.2, 0.25) is 0 Å². The number of benzene rings is 1. The van der Waals surface area contributed by atoms with Crippen molar-refractivity contribution >= 4 is 18.2 Å². The van der Waals surface area contributed by atoms with Crippen molar-refractivity contribution in [2.75, 3.05) is 6.61 Å². The molecule has 0 saturated heterocycles. The summed E-state index contributed by atoms with van der Waals surface area (Å²) >= 11 is 0. The van der Waals surface area contributed by atoms with E-state index in [1.807, 2.05) is 46.8 Å². The molecule has 0 aromatic heterocycles. The van der Waals surface area contributed by atoms with Gasteiger partial charge in [0.25, 0.3) is 10.1 Å². The molecule has 1 atom stereocenters. The lowest BCUT2D eigenvalue weighted by Gasteiger charge is -2.23. The van der Waals surface area contributed by atoms with Crippen LogP contribution in [0.4, 0.5) is 0 Å². The summed E-state index contributed by atoms with van der Waals surface area (Å²) in [6, 6.07) is 4.04. The van der Waals surface area contributed by atoms with Crippen LogP contribution in [-0.2, 0) is 19.0 Å². The van der Waals surface area contributed by atoms with Crippen LogP contribution in [0.5, 0.6) is 0 Å². The molecule has 0 aliphatic carbocycles. The molecule has 0 radical (unpaired) electrons. The summed E-state index contributed by atoms with van der Waals surface area (Å²) in [5, 5.41) is 0. The van der Waals surface area contributed by atoms with Crippen molar-refractivity contribution in [1.82, 2.24) is 0 Å². The molecular weight excluding hydrogens is 400 g/mol. The normalized spacial score (nSPS) is 14.4. The van der Waals surface area contributed by atoms with Crippen LogP contribution in [-0.4, -0.2) is 29.2 Å². The van der Waals surface area contributed by atoms with Crippen LogP contribution in [0.3, 0.4) is 0 Å². The van der Waals surface area contributed by atoms with Gasteiger partial charge < -0.3 is 4.74 Å². The summed E-state index contributed by atoms with van der Waals surface area (Å²) in [6.07, 6.45) is 1.33. The summed E-state index contributed by atoms with van der Waals surface area (Å²) in [7, 11) is -5.25. The first-order valence-electron chi connectivity index (χ1n) is 10.6. The Kier molecular flexibility index (Phi) is 9.18. The first-order valence-corrected chi connectivity index (χ1v) is 15.5. The number of hydrogen-bond donors (Lipinski definition) is 0. The molecule has 4 nitrogen and oxygen atoms in total. The average molecular weight is 441 g/mol. The van der Waals surface area contributed by atoms with Crippen molar-refractivity contribution < 1.29 is 17.3 Å². The molecule has 29 heavy (non-hydrogen) atoms. The fraction of sp³-hybridized carbons (Fsp3) is 0.652. The molecule has 166 valence electrons. The standard InChI is InChI=1S/C23H40O4SSi/c1-16(2)20-13-21(17(3)4)23(22(14-20)18(5)6)28(24,25)27-15-19(7)26-11-12-29(8,9)10/h11-14,16-19H,15H2,1-10H3/b12-11+/t19-/m0/s1. The maximum Gasteiger partial charge on any atom is 0.297 e. The van der Waals surface area contributed by atoms with Gasteiger partial charge >= 0.3 is 0 Å². The van der Waals surface area contributed by atoms with Crippen LogP contribution in [0.25, 0.3) is 0 Å². The quantitative estimate of drug-likeness (QED) is 0.235. The third-order valence-corrected chi connectivity index (χ3v) is 7.22. The van der Waals surface area contributed by atoms with Crippen molar-refractivity contribution in [2.24, 2.45) is 0 Å². The maximum absolute atomic E-state index is 13.2. The van der Waals surface area contributed by atoms with E-state index < -0.39 is 18.2 Å². The van der Waals surface area contributed by atoms with Crippen LogP contribution < -0.4 is 0 Å². The summed E-state index contributed by atoms with van der Waals surface area (Å²) in [5.74, 6) is 0.482. The van der Waals surface area contributed by atoms with E-state index in [1.54, 1.807) is 6.26 Å². The van der Waals surface area contributed by atoms with Gasteiger partial charge in [0.1, 0.15) is 17.6 Å². The molecule has 6 heteroatoms. The molecule has 1 aromatic carbocycles. The number of ether oxygens (including phenoxy) is 1. The molecule has 0 spiro atoms. The molecule has 0 amide bonds. The lowest BCUT2D eigenvalue weighted by Crippen LogP contribution is -2.21. The Labute approximate surface area is 179 Å². The van der Waals surface area contributed by atoms with Gasteiger partial charge in [0, 0.05) is 0 Å². The number of hydrogen-bond acceptors (Lipinski definition) is 4. The van der Waals surface area contributed by atoms with E-state index in [0.717, 1.165) is 16.7 Å². The zero-order chi connectivity index (χ0) is 22.6. The highest BCUT2D eigenvalue weighted by molar-refractivity contribution is 7.86. The average Bonchev–Trinajstić information content (AvgIpc) is 2.57. The monoisotopic (exact) mass is 440 g/mol. The second kappa shape index (κ2) is 10.3. The van der Waals surface area contributed by atoms with Gasteiger partial charge in [0.05, 0.1) is 14.3 Å². The Bertz CT molecular complexity index is 774. The van der Waals surface area contributed by atoms with Crippen molar-refractivity contribution in [2.45, 2.75) is 96.9 Å². The lowest BCUT2D eigenvalue weighted by atomic mass is 9.89. The molecular formula is C23H40O4SSi. The predicted molar refractivity (Wildman–Crippen MR) is 125 cm³/mol. The summed E-state index contributed by atoms with van der Waals surface area (Å²) in [6.45, 7) is 20.8. The Morgan fingerprint density at radius 3 is 1.76 bits per heavy atom. The van der Waals surface area contributed by atoms with E-state index in [1.165, 1.54) is 0 Å². The topological polar surface area (TPSA) is 52.6 Å². The molecule has 0 N–H and O–H groups in total. The molecule has 0 heterocycles. The molecule has 0 saturated carbocycles. The minimum Gasteiger partial charge on any atom is -0.497 e. The summed E-state index contributed by atoms with van der Waals surface area (Å²) in [5.41, 5.74) is 4.89. The molecule has 0 bridgehead atoms. The molecule has 1 aromatic rings. The van der Waals surface area contributed by atoms with Gasteiger partial charge in [-0.15, -0.1) is 0 Å². The zero-order valence-electron chi connectivity index (χ0n) is 19.9. The van der Waals surface area contributed by atoms with Crippen molar-refractivity contribution in [1.29, 1.82) is 0 Å². The first kappa shape index (κ1) is 25.9. The molecule has 0 aliphatic rings. The van der Waals surface area contributed by atoms with Crippen LogP contribution in [0.15, 0.2) is 29.0 Å². The maximum atomic E-state index is 13.2. The van der Waals surface area contributed by atoms with E-state index in [4.69, 9.17) is 8.92 Å². The van der Waals surface area contributed by atoms with Crippen molar-refractivity contribution in [3.63, 3.8) is 0 Å². The Morgan fingerprint density at radius 2 is 1.38 bits per heavy atom. The van der Waals surface area contributed by atoms with Crippen LogP contribution in [0.2, 0.25) is 19.6 Å². The minimum absolute atomic E-state index is 0.0145. The van der Waals surface area contributed by atoms with Gasteiger partial charge in [-0.05, 0) is 41.4 Å². The summed E-state index contributed by atoms with van der Waals surface area (Å²) < 4.78 is 37.5. The Balaban J connectivity index is 3.21. The van der Waals surface area contributed by atoms with E-state index >= 15 is 0 Å². The summed E-state index contributed by atoms with van der Waals surface area (Å²) in [4.78, 5) is 0.330. The highest BCUT2D eigenvalue weighted by Gasteiger charge is 2.28. The fourth-order valence-electron chi connectivity index (χ4n) is 2.84. The van der Waals surface area contributed by atoms with Crippen LogP contribution >= 0.6 is 0 Å². The van der Waals surface area contributed by atoms with Crippen molar-refractivity contribution in [3.8, 4) is 0 Å². The van der Waals surface area contributed by atoms with Gasteiger partial charge in [0.15, 0.2) is 0 Å². The molecule has 0 unspecified atom stereocenters. The van der Waals surface area contributed by atoms with E-state index in [0.29, 0.717) is 10.8 Å². The number of rotatable bonds is 10. The van der Waals surface area contributed by atoms with Gasteiger partial charge in [-0.3, -0.25) is 4.18 Å². The van der Waals surface area contributed by atoms with Gasteiger partial charge in [-0.1, -0.05) is 79.0 Å². The Hall–Kier alpha value is -1.11. The highest BCUT2D eigenvalue weighted by atomic mass is 32.2. The second-order valence-corrected chi connectivity index (χ2v) is 16.5. The second-order valence-electron chi connectivity index (χ2n) is 9.85. The van der Waals surface area contributed by atoms with Crippen LogP contribution in [0, 0.1) is 0 Å². The first-order chi connectivity index (χ1) is 13.2. The third kappa shape index (κ3) is 7.91.